The number of nitrogens with two attached hydrogens (primary N) is 1. The van der Waals surface area contributed by atoms with Gasteiger partial charge in [0.05, 0.1) is 70.3 Å². The summed E-state index contributed by atoms with van der Waals surface area (Å²) < 4.78 is 6.26. The Bertz CT molecular complexity index is 4880. The first kappa shape index (κ1) is 85.9. The van der Waals surface area contributed by atoms with Crippen molar-refractivity contribution in [1.82, 2.24) is 83.4 Å². The zero-order valence-corrected chi connectivity index (χ0v) is 67.1. The molecule has 18 N–H and O–H groups in total. The number of rotatable bonds is 12. The van der Waals surface area contributed by atoms with Gasteiger partial charge in [-0.05, 0) is 85.8 Å². The summed E-state index contributed by atoms with van der Waals surface area (Å²) >= 11 is 4.42. The van der Waals surface area contributed by atoms with Gasteiger partial charge in [0.2, 0.25) is 29.5 Å². The molecule has 13 bridgehead atoms. The van der Waals surface area contributed by atoms with E-state index in [-0.39, 0.29) is 94.7 Å². The van der Waals surface area contributed by atoms with Crippen molar-refractivity contribution in [3.05, 3.63) is 148 Å². The Kier molecular flexibility index (Phi) is 26.7. The Morgan fingerprint density at radius 1 is 0.763 bits per heavy atom. The molecular weight excluding hydrogens is 1580 g/mol. The number of fused-ring (bicyclic) bond motifs is 7. The smallest absolute Gasteiger partial charge is 0.357 e. The Hall–Kier alpha value is -10.5. The van der Waals surface area contributed by atoms with Gasteiger partial charge in [-0.2, -0.15) is 0 Å². The third kappa shape index (κ3) is 18.6. The number of pyridine rings is 1. The summed E-state index contributed by atoms with van der Waals surface area (Å²) in [6, 6.07) is -11.6. The standard InChI is InChI=1S/C72H85N19O18S5/c1-14-26(3)47-63(105)78-30(7)57(99)75-28(5)56(98)76-31(8)58(100)91-72-19-18-40(66-85-43(22-111-66)59(101)77-29(6)55(97)74-27(4)54(73)96)81-52(72)42-21-112-67(83-42)49(34(11)109-69(107)41-20-37(32(9)92)36-16-17-39(79-47)51(95)50(36)80-41)89-60(102)44-24-113-68(86-44)53(71(13,108)35(12)94)90-62(104)45-23-110-65(84-45)38(15-2)82-64(106)48(33(10)93)88-61(103)46-25-114-70(72)87-46/h15-17,20-22,24-26,30-35,39,45,47-49,51-53,79,92-95,108H,4-6,14,18-19,23H2,1-3,7-13H3,(H2,73,96)(H,74,97)(H,75,99)(H,76,98)(H,77,101)(H,78,105)(H,82,106)(H,88,103)(H,89,102)(H,90,104)(H,91,100)/b38-15-/t26-,30?,31-,32-,33+,34+,35+,39+,45+,47-,48-,49-,51-,52+,53+,71-,72-/m0/s1. The molecule has 10 rings (SSSR count). The van der Waals surface area contributed by atoms with Crippen LogP contribution in [0.5, 0.6) is 0 Å². The minimum atomic E-state index is -2.21. The molecule has 9 heterocycles. The summed E-state index contributed by atoms with van der Waals surface area (Å²) in [7, 11) is 0. The zero-order valence-electron chi connectivity index (χ0n) is 63.0. The van der Waals surface area contributed by atoms with Gasteiger partial charge < -0.3 is 89.2 Å². The van der Waals surface area contributed by atoms with Crippen molar-refractivity contribution in [1.29, 1.82) is 0 Å². The first-order chi connectivity index (χ1) is 53.7. The van der Waals surface area contributed by atoms with Crippen molar-refractivity contribution in [3.8, 4) is 0 Å². The highest BCUT2D eigenvalue weighted by Crippen LogP contribution is 2.48. The first-order valence-electron chi connectivity index (χ1n) is 35.6. The van der Waals surface area contributed by atoms with Crippen LogP contribution < -0.4 is 64.2 Å². The molecule has 606 valence electrons. The zero-order chi connectivity index (χ0) is 83.4. The molecule has 1 aliphatic carbocycles. The number of hydrogen-bond acceptors (Lipinski definition) is 31. The molecule has 0 saturated heterocycles. The van der Waals surface area contributed by atoms with Crippen LogP contribution in [0, 0.1) is 5.92 Å². The lowest BCUT2D eigenvalue weighted by atomic mass is 9.80. The number of aromatic nitrogens is 5. The van der Waals surface area contributed by atoms with Crippen molar-refractivity contribution >= 4 is 145 Å². The highest BCUT2D eigenvalue weighted by Gasteiger charge is 2.51. The van der Waals surface area contributed by atoms with E-state index in [4.69, 9.17) is 25.4 Å². The second-order valence-corrected chi connectivity index (χ2v) is 32.3. The average molecular weight is 1660 g/mol. The maximum Gasteiger partial charge on any atom is 0.357 e. The molecule has 0 fully saturated rings. The van der Waals surface area contributed by atoms with Gasteiger partial charge >= 0.3 is 5.97 Å². The third-order valence-electron chi connectivity index (χ3n) is 19.5. The quantitative estimate of drug-likeness (QED) is 0.0606. The number of allylic oxidation sites excluding steroid dienone is 1. The number of aliphatic hydroxyl groups excluding tert-OH is 4. The number of esters is 1. The molecule has 0 aromatic carbocycles. The van der Waals surface area contributed by atoms with Gasteiger partial charge in [-0.1, -0.05) is 58.2 Å². The molecule has 37 nitrogen and oxygen atoms in total. The Morgan fingerprint density at radius 2 is 1.45 bits per heavy atom. The fourth-order valence-electron chi connectivity index (χ4n) is 12.3. The van der Waals surface area contributed by atoms with Gasteiger partial charge in [0.15, 0.2) is 0 Å². The van der Waals surface area contributed by atoms with E-state index in [2.05, 4.69) is 98.2 Å². The number of primary amides is 1. The number of carbonyl (C=O) groups is 12. The number of cyclic esters (lactones) is 1. The molecule has 114 heavy (non-hydrogen) atoms. The number of amides is 11. The number of thioether (sulfide) groups is 1. The Labute approximate surface area is 671 Å². The number of ether oxygens (including phenoxy) is 1. The summed E-state index contributed by atoms with van der Waals surface area (Å²) in [5.41, 5.74) is -1.79. The van der Waals surface area contributed by atoms with Gasteiger partial charge in [-0.3, -0.25) is 68.0 Å². The van der Waals surface area contributed by atoms with Crippen LogP contribution in [0.15, 0.2) is 92.2 Å². The van der Waals surface area contributed by atoms with Gasteiger partial charge in [-0.15, -0.1) is 57.1 Å². The lowest BCUT2D eigenvalue weighted by Gasteiger charge is -2.41. The van der Waals surface area contributed by atoms with E-state index < -0.39 is 196 Å². The summed E-state index contributed by atoms with van der Waals surface area (Å²) in [5, 5.41) is 92.2. The lowest BCUT2D eigenvalue weighted by molar-refractivity contribution is -0.131. The molecule has 1 unspecified atom stereocenters. The van der Waals surface area contributed by atoms with Gasteiger partial charge in [0.25, 0.3) is 35.4 Å². The van der Waals surface area contributed by atoms with E-state index in [9.17, 15) is 68.7 Å². The van der Waals surface area contributed by atoms with E-state index in [0.29, 0.717) is 6.42 Å². The van der Waals surface area contributed by atoms with Crippen LogP contribution in [-0.4, -0.2) is 198 Å². The molecule has 0 saturated carbocycles. The van der Waals surface area contributed by atoms with Gasteiger partial charge in [-0.25, -0.2) is 29.7 Å². The van der Waals surface area contributed by atoms with E-state index in [1.807, 2.05) is 0 Å². The predicted octanol–water partition coefficient (Wildman–Crippen LogP) is 0.774. The van der Waals surface area contributed by atoms with Crippen molar-refractivity contribution in [2.24, 2.45) is 21.6 Å². The highest BCUT2D eigenvalue weighted by atomic mass is 32.2. The van der Waals surface area contributed by atoms with Crippen LogP contribution >= 0.6 is 57.1 Å². The van der Waals surface area contributed by atoms with Gasteiger partial charge in [0, 0.05) is 32.8 Å². The molecule has 4 aliphatic heterocycles. The SMILES string of the molecule is C=C(NC(=O)C(=C)NC(=O)c1csc(C2=N[C@@H]3c4csc(n4)[C@H]4NC(=O)c5csc(n5)[C@H]([C@@](C)(O)[C@@H](C)O)NC(=O)[C@H]5CSC(=N5)/C(=C/C)NC(=O)[C@H]([C@@H](C)O)NC(=O)c5csc(n5)[C@@]3(CC2)NC(=O)[C@H](C)NC(=O)C(=C)NC(=O)C(C)NC(=O)[C@H]([C@@H](C)CC)N[C@@H]2C=Cc3c([C@H](C)O)cc(nc3[C@H]2O)C(=O)O[C@@H]4C)n1)C(N)=O. The molecular formula is C72H85N19O18S5. The number of aliphatic hydroxyl groups is 5. The van der Waals surface area contributed by atoms with Crippen LogP contribution in [0.25, 0.3) is 6.08 Å². The Morgan fingerprint density at radius 3 is 2.12 bits per heavy atom. The van der Waals surface area contributed by atoms with Crippen LogP contribution in [0.2, 0.25) is 0 Å². The van der Waals surface area contributed by atoms with E-state index in [0.717, 1.165) is 57.1 Å². The summed E-state index contributed by atoms with van der Waals surface area (Å²) in [6.45, 7) is 24.9. The van der Waals surface area contributed by atoms with Crippen molar-refractivity contribution in [2.45, 2.75) is 185 Å². The monoisotopic (exact) mass is 1660 g/mol. The molecule has 11 amide bonds. The second-order valence-electron chi connectivity index (χ2n) is 27.8. The number of hydrogen-bond donors (Lipinski definition) is 17. The number of aliphatic imine (C=N–C) groups is 2. The van der Waals surface area contributed by atoms with Crippen molar-refractivity contribution in [3.63, 3.8) is 0 Å². The highest BCUT2D eigenvalue weighted by molar-refractivity contribution is 8.14. The molecule has 5 aromatic rings. The first-order valence-corrected chi connectivity index (χ1v) is 40.1. The van der Waals surface area contributed by atoms with Crippen LogP contribution in [0.4, 0.5) is 0 Å². The normalized spacial score (nSPS) is 26.9. The maximum atomic E-state index is 15.4. The topological polar surface area (TPSA) is 563 Å². The summed E-state index contributed by atoms with van der Waals surface area (Å²) in [4.78, 5) is 204. The molecule has 0 spiro atoms. The van der Waals surface area contributed by atoms with Crippen molar-refractivity contribution < 1.29 is 87.8 Å². The molecule has 42 heteroatoms. The number of thiazole rings is 4. The molecule has 0 radical (unpaired) electrons. The maximum absolute atomic E-state index is 15.4. The van der Waals surface area contributed by atoms with E-state index >= 15 is 14.4 Å². The second kappa shape index (κ2) is 35.5. The van der Waals surface area contributed by atoms with E-state index in [1.54, 1.807) is 26.8 Å². The van der Waals surface area contributed by atoms with E-state index in [1.165, 1.54) is 88.2 Å². The van der Waals surface area contributed by atoms with Crippen molar-refractivity contribution in [2.75, 3.05) is 5.75 Å². The van der Waals surface area contributed by atoms with Crippen LogP contribution in [-0.2, 0) is 48.6 Å². The molecule has 5 aromatic heterocycles. The predicted molar refractivity (Wildman–Crippen MR) is 418 cm³/mol. The minimum Gasteiger partial charge on any atom is -0.455 e. The fourth-order valence-corrected chi connectivity index (χ4v) is 17.2. The number of carbonyl (C=O) groups excluding carboxylic acids is 12. The summed E-state index contributed by atoms with van der Waals surface area (Å²) in [6.07, 6.45) is -3.18. The summed E-state index contributed by atoms with van der Waals surface area (Å²) in [5.74, 6) is -12.2. The number of nitrogens with one attached hydrogen (secondary N) is 11. The van der Waals surface area contributed by atoms with Crippen LogP contribution in [0.1, 0.15) is 203 Å². The lowest BCUT2D eigenvalue weighted by Crippen LogP contribution is -2.57. The largest absolute Gasteiger partial charge is 0.455 e. The minimum absolute atomic E-state index is 0.0158. The fraction of sp³-hybridized carbons (Fsp3) is 0.431. The van der Waals surface area contributed by atoms with Gasteiger partial charge in [0.1, 0.15) is 113 Å². The Balaban J connectivity index is 1.18. The molecule has 17 atom stereocenters. The average Bonchev–Trinajstić information content (AvgIpc) is 1.50. The number of nitrogens with zero attached hydrogens (tertiary/aromatic N) is 7. The molecule has 5 aliphatic rings. The van der Waals surface area contributed by atoms with Crippen LogP contribution in [0.3, 0.4) is 0 Å². The third-order valence-corrected chi connectivity index (χ3v) is 24.3.